The lowest BCUT2D eigenvalue weighted by Crippen LogP contribution is -2.52. The summed E-state index contributed by atoms with van der Waals surface area (Å²) in [4.78, 5) is 37.9. The molecule has 1 saturated heterocycles. The highest BCUT2D eigenvalue weighted by atomic mass is 35.5. The molecule has 1 fully saturated rings. The van der Waals surface area contributed by atoms with Gasteiger partial charge in [0.25, 0.3) is 0 Å². The van der Waals surface area contributed by atoms with Crippen molar-refractivity contribution in [2.24, 2.45) is 0 Å². The number of Topliss-reactive ketones (excluding diaryl/α,β-unsaturated/α-hetero) is 1. The van der Waals surface area contributed by atoms with Gasteiger partial charge in [-0.3, -0.25) is 14.5 Å². The van der Waals surface area contributed by atoms with E-state index in [9.17, 15) is 14.4 Å². The second kappa shape index (κ2) is 7.07. The molecule has 0 spiro atoms. The number of ketones is 1. The molecule has 2 aromatic rings. The van der Waals surface area contributed by atoms with E-state index < -0.39 is 12.1 Å². The van der Waals surface area contributed by atoms with Crippen molar-refractivity contribution in [3.8, 4) is 0 Å². The molecule has 3 amide bonds. The summed E-state index contributed by atoms with van der Waals surface area (Å²) in [5, 5.41) is 3.36. The number of rotatable bonds is 4. The molecule has 2 aromatic carbocycles. The standard InChI is InChI=1S/C19H17ClN2O3/c1-12-2-4-14(5-3-12)17(23)11-22-18(24)10-16(21-19(22)25)13-6-8-15(20)9-7-13/h2-9,16H,10-11H2,1H3,(H,21,25). The minimum atomic E-state index is -0.559. The molecule has 1 heterocycles. The fraction of sp³-hybridized carbons (Fsp3) is 0.211. The normalized spacial score (nSPS) is 17.4. The highest BCUT2D eigenvalue weighted by Crippen LogP contribution is 2.24. The summed E-state index contributed by atoms with van der Waals surface area (Å²) < 4.78 is 0. The predicted octanol–water partition coefficient (Wildman–Crippen LogP) is 3.51. The maximum Gasteiger partial charge on any atom is 0.325 e. The molecule has 6 heteroatoms. The molecule has 1 unspecified atom stereocenters. The van der Waals surface area contributed by atoms with Crippen LogP contribution in [0.25, 0.3) is 0 Å². The first-order valence-electron chi connectivity index (χ1n) is 7.90. The predicted molar refractivity (Wildman–Crippen MR) is 94.6 cm³/mol. The third-order valence-corrected chi connectivity index (χ3v) is 4.42. The topological polar surface area (TPSA) is 66.5 Å². The van der Waals surface area contributed by atoms with Gasteiger partial charge in [0.05, 0.1) is 19.0 Å². The van der Waals surface area contributed by atoms with Crippen molar-refractivity contribution < 1.29 is 14.4 Å². The van der Waals surface area contributed by atoms with Crippen molar-refractivity contribution in [1.29, 1.82) is 0 Å². The van der Waals surface area contributed by atoms with Gasteiger partial charge in [-0.1, -0.05) is 53.6 Å². The molecule has 0 aliphatic carbocycles. The zero-order valence-corrected chi connectivity index (χ0v) is 14.4. The maximum absolute atomic E-state index is 12.4. The smallest absolute Gasteiger partial charge is 0.325 e. The average molecular weight is 357 g/mol. The number of nitrogens with one attached hydrogen (secondary N) is 1. The van der Waals surface area contributed by atoms with Gasteiger partial charge >= 0.3 is 6.03 Å². The third kappa shape index (κ3) is 3.88. The largest absolute Gasteiger partial charge is 0.330 e. The molecule has 3 rings (SSSR count). The summed E-state index contributed by atoms with van der Waals surface area (Å²) in [6.45, 7) is 1.66. The van der Waals surface area contributed by atoms with Crippen LogP contribution in [-0.4, -0.2) is 29.2 Å². The number of halogens is 1. The fourth-order valence-electron chi connectivity index (χ4n) is 2.71. The Balaban J connectivity index is 1.69. The van der Waals surface area contributed by atoms with Crippen LogP contribution in [0.3, 0.4) is 0 Å². The Hall–Kier alpha value is -2.66. The molecule has 0 aromatic heterocycles. The van der Waals surface area contributed by atoms with E-state index in [1.807, 2.05) is 19.1 Å². The summed E-state index contributed by atoms with van der Waals surface area (Å²) in [5.41, 5.74) is 2.32. The van der Waals surface area contributed by atoms with Gasteiger partial charge in [-0.2, -0.15) is 0 Å². The lowest BCUT2D eigenvalue weighted by Gasteiger charge is -2.31. The van der Waals surface area contributed by atoms with Crippen LogP contribution in [0.1, 0.15) is 33.9 Å². The van der Waals surface area contributed by atoms with Crippen LogP contribution in [0.5, 0.6) is 0 Å². The van der Waals surface area contributed by atoms with Crippen molar-refractivity contribution in [2.75, 3.05) is 6.54 Å². The molecule has 1 aliphatic rings. The Morgan fingerprint density at radius 3 is 2.36 bits per heavy atom. The van der Waals surface area contributed by atoms with Crippen LogP contribution in [0.15, 0.2) is 48.5 Å². The van der Waals surface area contributed by atoms with Crippen molar-refractivity contribution in [3.05, 3.63) is 70.2 Å². The minimum absolute atomic E-state index is 0.106. The first-order chi connectivity index (χ1) is 11.9. The van der Waals surface area contributed by atoms with Crippen molar-refractivity contribution in [2.45, 2.75) is 19.4 Å². The lowest BCUT2D eigenvalue weighted by atomic mass is 10.0. The van der Waals surface area contributed by atoms with Crippen molar-refractivity contribution in [3.63, 3.8) is 0 Å². The summed E-state index contributed by atoms with van der Waals surface area (Å²) in [5.74, 6) is -0.641. The van der Waals surface area contributed by atoms with E-state index >= 15 is 0 Å². The van der Waals surface area contributed by atoms with E-state index in [4.69, 9.17) is 11.6 Å². The number of hydrogen-bond donors (Lipinski definition) is 1. The zero-order valence-electron chi connectivity index (χ0n) is 13.7. The Morgan fingerprint density at radius 2 is 1.76 bits per heavy atom. The third-order valence-electron chi connectivity index (χ3n) is 4.17. The van der Waals surface area contributed by atoms with E-state index in [2.05, 4.69) is 5.32 Å². The van der Waals surface area contributed by atoms with Crippen LogP contribution in [0.4, 0.5) is 4.79 Å². The van der Waals surface area contributed by atoms with E-state index in [1.54, 1.807) is 36.4 Å². The van der Waals surface area contributed by atoms with E-state index in [0.29, 0.717) is 10.6 Å². The first-order valence-corrected chi connectivity index (χ1v) is 8.28. The summed E-state index contributed by atoms with van der Waals surface area (Å²) in [6, 6.07) is 13.0. The van der Waals surface area contributed by atoms with Crippen molar-refractivity contribution in [1.82, 2.24) is 10.2 Å². The molecular weight excluding hydrogens is 340 g/mol. The Labute approximate surface area is 150 Å². The number of nitrogens with zero attached hydrogens (tertiary/aromatic N) is 1. The molecule has 25 heavy (non-hydrogen) atoms. The monoisotopic (exact) mass is 356 g/mol. The van der Waals surface area contributed by atoms with Gasteiger partial charge in [0.1, 0.15) is 0 Å². The molecular formula is C19H17ClN2O3. The van der Waals surface area contributed by atoms with Crippen molar-refractivity contribution >= 4 is 29.3 Å². The highest BCUT2D eigenvalue weighted by Gasteiger charge is 2.33. The molecule has 128 valence electrons. The van der Waals surface area contributed by atoms with E-state index in [1.165, 1.54) is 0 Å². The summed E-state index contributed by atoms with van der Waals surface area (Å²) in [7, 11) is 0. The molecule has 1 aliphatic heterocycles. The number of carbonyl (C=O) groups excluding carboxylic acids is 3. The Morgan fingerprint density at radius 1 is 1.12 bits per heavy atom. The maximum atomic E-state index is 12.4. The van der Waals surface area contributed by atoms with Crippen LogP contribution >= 0.6 is 11.6 Å². The second-order valence-corrected chi connectivity index (χ2v) is 6.46. The second-order valence-electron chi connectivity index (χ2n) is 6.03. The van der Waals surface area contributed by atoms with Crippen LogP contribution in [0.2, 0.25) is 5.02 Å². The number of imide groups is 1. The zero-order chi connectivity index (χ0) is 18.0. The van der Waals surface area contributed by atoms with E-state index in [0.717, 1.165) is 16.0 Å². The van der Waals surface area contributed by atoms with Gasteiger partial charge in [0.15, 0.2) is 5.78 Å². The van der Waals surface area contributed by atoms with Crippen LogP contribution in [0, 0.1) is 6.92 Å². The SMILES string of the molecule is Cc1ccc(C(=O)CN2C(=O)CC(c3ccc(Cl)cc3)NC2=O)cc1. The van der Waals surface area contributed by atoms with Gasteiger partial charge in [-0.15, -0.1) is 0 Å². The number of aryl methyl sites for hydroxylation is 1. The quantitative estimate of drug-likeness (QED) is 0.852. The Bertz CT molecular complexity index is 798. The number of carbonyl (C=O) groups is 3. The van der Waals surface area contributed by atoms with Crippen LogP contribution < -0.4 is 5.32 Å². The molecule has 5 nitrogen and oxygen atoms in total. The van der Waals surface area contributed by atoms with Gasteiger partial charge in [-0.05, 0) is 24.6 Å². The molecule has 0 bridgehead atoms. The van der Waals surface area contributed by atoms with Gasteiger partial charge in [0, 0.05) is 10.6 Å². The van der Waals surface area contributed by atoms with Gasteiger partial charge < -0.3 is 5.32 Å². The Kier molecular flexibility index (Phi) is 4.86. The number of hydrogen-bond acceptors (Lipinski definition) is 3. The summed E-state index contributed by atoms with van der Waals surface area (Å²) in [6.07, 6.45) is 0.106. The highest BCUT2D eigenvalue weighted by molar-refractivity contribution is 6.30. The number of urea groups is 1. The van der Waals surface area contributed by atoms with E-state index in [-0.39, 0.29) is 24.7 Å². The fourth-order valence-corrected chi connectivity index (χ4v) is 2.83. The minimum Gasteiger partial charge on any atom is -0.330 e. The molecule has 0 radical (unpaired) electrons. The van der Waals surface area contributed by atoms with Crippen LogP contribution in [-0.2, 0) is 4.79 Å². The summed E-state index contributed by atoms with van der Waals surface area (Å²) >= 11 is 5.86. The molecule has 0 saturated carbocycles. The first kappa shape index (κ1) is 17.2. The lowest BCUT2D eigenvalue weighted by molar-refractivity contribution is -0.129. The average Bonchev–Trinajstić information content (AvgIpc) is 2.59. The molecule has 1 N–H and O–H groups in total. The number of benzene rings is 2. The van der Waals surface area contributed by atoms with Gasteiger partial charge in [-0.25, -0.2) is 4.79 Å². The number of amides is 3. The van der Waals surface area contributed by atoms with Gasteiger partial charge in [0.2, 0.25) is 5.91 Å². The molecule has 1 atom stereocenters.